The first-order chi connectivity index (χ1) is 16.0. The first-order valence-corrected chi connectivity index (χ1v) is 9.55. The first-order valence-electron chi connectivity index (χ1n) is 9.55. The van der Waals surface area contributed by atoms with Gasteiger partial charge in [0.25, 0.3) is 11.6 Å². The Morgan fingerprint density at radius 1 is 0.941 bits per heavy atom. The Morgan fingerprint density at radius 3 is 2.26 bits per heavy atom. The normalized spacial score (nSPS) is 11.3. The van der Waals surface area contributed by atoms with E-state index in [9.17, 15) is 37.3 Å². The van der Waals surface area contributed by atoms with Crippen molar-refractivity contribution in [2.75, 3.05) is 10.6 Å². The van der Waals surface area contributed by atoms with Crippen molar-refractivity contribution in [1.29, 1.82) is 0 Å². The maximum Gasteiger partial charge on any atom is 0.418 e. The second kappa shape index (κ2) is 9.94. The summed E-state index contributed by atoms with van der Waals surface area (Å²) in [6, 6.07) is 12.7. The number of nitro benzene ring substituents is 1. The van der Waals surface area contributed by atoms with E-state index in [0.29, 0.717) is 6.07 Å². The summed E-state index contributed by atoms with van der Waals surface area (Å²) in [6.07, 6.45) is -2.90. The summed E-state index contributed by atoms with van der Waals surface area (Å²) in [6.45, 7) is 0. The lowest BCUT2D eigenvalue weighted by molar-refractivity contribution is -0.385. The molecule has 0 aromatic heterocycles. The van der Waals surface area contributed by atoms with Crippen LogP contribution in [0, 0.1) is 15.9 Å². The average molecular weight is 473 g/mol. The van der Waals surface area contributed by atoms with Crippen LogP contribution in [0.25, 0.3) is 6.08 Å². The van der Waals surface area contributed by atoms with Gasteiger partial charge in [-0.1, -0.05) is 12.1 Å². The zero-order valence-corrected chi connectivity index (χ0v) is 17.1. The number of amides is 2. The molecule has 0 spiro atoms. The molecule has 0 saturated heterocycles. The monoisotopic (exact) mass is 473 g/mol. The smallest absolute Gasteiger partial charge is 0.322 e. The summed E-state index contributed by atoms with van der Waals surface area (Å²) in [4.78, 5) is 34.8. The quantitative estimate of drug-likeness (QED) is 0.209. The molecule has 11 heteroatoms. The molecule has 3 aromatic carbocycles. The van der Waals surface area contributed by atoms with Gasteiger partial charge in [-0.15, -0.1) is 0 Å². The summed E-state index contributed by atoms with van der Waals surface area (Å²) >= 11 is 0. The number of rotatable bonds is 6. The van der Waals surface area contributed by atoms with Gasteiger partial charge in [-0.2, -0.15) is 13.2 Å². The van der Waals surface area contributed by atoms with E-state index in [1.54, 1.807) is 0 Å². The number of carbonyl (C=O) groups is 2. The van der Waals surface area contributed by atoms with Crippen molar-refractivity contribution in [3.8, 4) is 0 Å². The van der Waals surface area contributed by atoms with E-state index in [1.165, 1.54) is 36.4 Å². The fraction of sp³-hybridized carbons (Fsp3) is 0.0435. The number of hydrogen-bond donors (Lipinski definition) is 2. The van der Waals surface area contributed by atoms with E-state index in [4.69, 9.17) is 0 Å². The van der Waals surface area contributed by atoms with Crippen LogP contribution in [0.4, 0.5) is 34.6 Å². The summed E-state index contributed by atoms with van der Waals surface area (Å²) < 4.78 is 53.7. The van der Waals surface area contributed by atoms with Gasteiger partial charge in [0.1, 0.15) is 5.82 Å². The molecule has 7 nitrogen and oxygen atoms in total. The molecule has 174 valence electrons. The minimum Gasteiger partial charge on any atom is -0.322 e. The zero-order chi connectivity index (χ0) is 24.9. The van der Waals surface area contributed by atoms with Crippen LogP contribution in [-0.2, 0) is 11.0 Å². The van der Waals surface area contributed by atoms with Crippen LogP contribution >= 0.6 is 0 Å². The van der Waals surface area contributed by atoms with Crippen molar-refractivity contribution in [1.82, 2.24) is 0 Å². The highest BCUT2D eigenvalue weighted by atomic mass is 19.4. The first kappa shape index (κ1) is 24.1. The minimum atomic E-state index is -4.87. The van der Waals surface area contributed by atoms with Crippen molar-refractivity contribution in [3.63, 3.8) is 0 Å². The molecule has 3 rings (SSSR count). The lowest BCUT2D eigenvalue weighted by atomic mass is 10.1. The molecule has 3 aromatic rings. The van der Waals surface area contributed by atoms with Gasteiger partial charge in [-0.05, 0) is 54.6 Å². The third-order valence-electron chi connectivity index (χ3n) is 4.49. The molecular formula is C23H15F4N3O4. The number of hydrogen-bond acceptors (Lipinski definition) is 4. The fourth-order valence-corrected chi connectivity index (χ4v) is 2.90. The number of nitrogens with one attached hydrogen (secondary N) is 2. The lowest BCUT2D eigenvalue weighted by Crippen LogP contribution is -2.17. The minimum absolute atomic E-state index is 0.0347. The summed E-state index contributed by atoms with van der Waals surface area (Å²) in [7, 11) is 0. The molecule has 0 aliphatic carbocycles. The number of carbonyl (C=O) groups excluding carboxylic acids is 2. The SMILES string of the molecule is O=C(/C=C/c1ccccc1[N+](=O)[O-])Nc1ccc(NC(=O)c2ccc(F)cc2)cc1C(F)(F)F. The Hall–Kier alpha value is -4.54. The second-order valence-electron chi connectivity index (χ2n) is 6.86. The van der Waals surface area contributed by atoms with Gasteiger partial charge in [0, 0.05) is 23.4 Å². The molecule has 0 aliphatic heterocycles. The van der Waals surface area contributed by atoms with E-state index in [0.717, 1.165) is 36.4 Å². The molecular weight excluding hydrogens is 458 g/mol. The topological polar surface area (TPSA) is 101 Å². The van der Waals surface area contributed by atoms with E-state index in [1.807, 2.05) is 0 Å². The van der Waals surface area contributed by atoms with Crippen LogP contribution < -0.4 is 10.6 Å². The van der Waals surface area contributed by atoms with Crippen molar-refractivity contribution in [3.05, 3.63) is 105 Å². The Morgan fingerprint density at radius 2 is 1.62 bits per heavy atom. The number of nitro groups is 1. The molecule has 2 N–H and O–H groups in total. The van der Waals surface area contributed by atoms with Crippen LogP contribution in [0.1, 0.15) is 21.5 Å². The molecule has 0 aliphatic rings. The van der Waals surface area contributed by atoms with Gasteiger partial charge in [0.05, 0.1) is 21.7 Å². The Kier molecular flexibility index (Phi) is 7.05. The number of nitrogens with zero attached hydrogens (tertiary/aromatic N) is 1. The largest absolute Gasteiger partial charge is 0.418 e. The van der Waals surface area contributed by atoms with Gasteiger partial charge < -0.3 is 10.6 Å². The van der Waals surface area contributed by atoms with Gasteiger partial charge in [0.15, 0.2) is 0 Å². The predicted octanol–water partition coefficient (Wildman–Crippen LogP) is 5.66. The summed E-state index contributed by atoms with van der Waals surface area (Å²) in [5.41, 5.74) is -2.15. The predicted molar refractivity (Wildman–Crippen MR) is 117 cm³/mol. The molecule has 2 amide bonds. The van der Waals surface area contributed by atoms with Crippen LogP contribution in [0.2, 0.25) is 0 Å². The highest BCUT2D eigenvalue weighted by molar-refractivity contribution is 6.05. The third kappa shape index (κ3) is 6.03. The van der Waals surface area contributed by atoms with E-state index in [2.05, 4.69) is 10.6 Å². The molecule has 0 bridgehead atoms. The summed E-state index contributed by atoms with van der Waals surface area (Å²) in [5, 5.41) is 15.4. The molecule has 0 fully saturated rings. The molecule has 0 atom stereocenters. The third-order valence-corrected chi connectivity index (χ3v) is 4.49. The average Bonchev–Trinajstić information content (AvgIpc) is 2.78. The van der Waals surface area contributed by atoms with Crippen molar-refractivity contribution in [2.24, 2.45) is 0 Å². The van der Waals surface area contributed by atoms with Crippen molar-refractivity contribution >= 4 is 35.0 Å². The highest BCUT2D eigenvalue weighted by Crippen LogP contribution is 2.36. The van der Waals surface area contributed by atoms with Crippen LogP contribution in [0.3, 0.4) is 0 Å². The number of halogens is 4. The van der Waals surface area contributed by atoms with E-state index >= 15 is 0 Å². The lowest BCUT2D eigenvalue weighted by Gasteiger charge is -2.15. The number of para-hydroxylation sites is 1. The zero-order valence-electron chi connectivity index (χ0n) is 17.1. The van der Waals surface area contributed by atoms with E-state index in [-0.39, 0.29) is 22.5 Å². The van der Waals surface area contributed by atoms with Crippen LogP contribution in [-0.4, -0.2) is 16.7 Å². The Bertz CT molecular complexity index is 1270. The Labute approximate surface area is 189 Å². The van der Waals surface area contributed by atoms with Gasteiger partial charge in [-0.3, -0.25) is 19.7 Å². The number of alkyl halides is 3. The Balaban J connectivity index is 1.80. The maximum atomic E-state index is 13.6. The second-order valence-corrected chi connectivity index (χ2v) is 6.86. The molecule has 0 radical (unpaired) electrons. The number of benzene rings is 3. The van der Waals surface area contributed by atoms with Gasteiger partial charge in [0.2, 0.25) is 5.91 Å². The fourth-order valence-electron chi connectivity index (χ4n) is 2.90. The molecule has 34 heavy (non-hydrogen) atoms. The summed E-state index contributed by atoms with van der Waals surface area (Å²) in [5.74, 6) is -2.28. The van der Waals surface area contributed by atoms with Crippen LogP contribution in [0.5, 0.6) is 0 Å². The standard InChI is InChI=1S/C23H15F4N3O4/c24-16-8-5-15(6-9-16)22(32)28-17-10-11-19(18(13-17)23(25,26)27)29-21(31)12-7-14-3-1-2-4-20(14)30(33)34/h1-13H,(H,28,32)(H,29,31)/b12-7+. The van der Waals surface area contributed by atoms with Crippen molar-refractivity contribution in [2.45, 2.75) is 6.18 Å². The highest BCUT2D eigenvalue weighted by Gasteiger charge is 2.34. The van der Waals surface area contributed by atoms with Gasteiger partial charge in [-0.25, -0.2) is 4.39 Å². The van der Waals surface area contributed by atoms with Crippen LogP contribution in [0.15, 0.2) is 72.8 Å². The number of anilines is 2. The van der Waals surface area contributed by atoms with E-state index < -0.39 is 40.0 Å². The van der Waals surface area contributed by atoms with Gasteiger partial charge >= 0.3 is 6.18 Å². The molecule has 0 heterocycles. The maximum absolute atomic E-state index is 13.6. The molecule has 0 unspecified atom stereocenters. The molecule has 0 saturated carbocycles. The van der Waals surface area contributed by atoms with Crippen molar-refractivity contribution < 1.29 is 32.1 Å².